The van der Waals surface area contributed by atoms with Crippen LogP contribution in [0.4, 0.5) is 4.39 Å². The Bertz CT molecular complexity index is 776. The van der Waals surface area contributed by atoms with Crippen molar-refractivity contribution in [1.29, 1.82) is 0 Å². The molecule has 0 aliphatic heterocycles. The molecule has 1 atom stereocenters. The quantitative estimate of drug-likeness (QED) is 0.721. The number of aliphatic hydroxyl groups excluding tert-OH is 1. The zero-order valence-corrected chi connectivity index (χ0v) is 12.2. The molecule has 0 aliphatic carbocycles. The lowest BCUT2D eigenvalue weighted by Crippen LogP contribution is -1.99. The summed E-state index contributed by atoms with van der Waals surface area (Å²) >= 11 is 1.44. The normalized spacial score (nSPS) is 12.8. The van der Waals surface area contributed by atoms with Crippen molar-refractivity contribution in [1.82, 2.24) is 0 Å². The van der Waals surface area contributed by atoms with E-state index in [9.17, 15) is 9.50 Å². The fourth-order valence-corrected chi connectivity index (χ4v) is 3.54. The molecule has 0 fully saturated rings. The first-order valence-electron chi connectivity index (χ1n) is 6.49. The topological polar surface area (TPSA) is 20.2 Å². The van der Waals surface area contributed by atoms with Crippen LogP contribution >= 0.6 is 11.3 Å². The predicted octanol–water partition coefficient (Wildman–Crippen LogP) is 4.74. The molecule has 0 saturated heterocycles. The first-order chi connectivity index (χ1) is 9.54. The molecule has 20 heavy (non-hydrogen) atoms. The standard InChI is InChI=1S/C17H15FOS/c1-10-3-6-14(11(2)7-10)17(19)16-8-12-4-5-13(18)9-15(12)20-16/h3-9,17,19H,1-2H3. The van der Waals surface area contributed by atoms with Gasteiger partial charge in [0.05, 0.1) is 0 Å². The van der Waals surface area contributed by atoms with Gasteiger partial charge in [-0.2, -0.15) is 0 Å². The first kappa shape index (κ1) is 13.3. The van der Waals surface area contributed by atoms with E-state index in [1.165, 1.54) is 29.0 Å². The molecular weight excluding hydrogens is 271 g/mol. The zero-order chi connectivity index (χ0) is 14.3. The van der Waals surface area contributed by atoms with Gasteiger partial charge in [0, 0.05) is 9.58 Å². The van der Waals surface area contributed by atoms with Gasteiger partial charge in [0.15, 0.2) is 0 Å². The minimum Gasteiger partial charge on any atom is -0.383 e. The molecule has 1 aromatic heterocycles. The molecule has 0 aliphatic rings. The Morgan fingerprint density at radius 3 is 2.60 bits per heavy atom. The fraction of sp³-hybridized carbons (Fsp3) is 0.176. The summed E-state index contributed by atoms with van der Waals surface area (Å²) in [6.45, 7) is 4.03. The highest BCUT2D eigenvalue weighted by Gasteiger charge is 2.16. The molecule has 0 amide bonds. The van der Waals surface area contributed by atoms with Crippen LogP contribution in [0.2, 0.25) is 0 Å². The van der Waals surface area contributed by atoms with E-state index in [1.807, 2.05) is 32.0 Å². The summed E-state index contributed by atoms with van der Waals surface area (Å²) in [6, 6.07) is 12.7. The average Bonchev–Trinajstić information content (AvgIpc) is 2.81. The monoisotopic (exact) mass is 286 g/mol. The Balaban J connectivity index is 2.05. The number of benzene rings is 2. The van der Waals surface area contributed by atoms with Crippen molar-refractivity contribution in [3.8, 4) is 0 Å². The number of hydrogen-bond acceptors (Lipinski definition) is 2. The summed E-state index contributed by atoms with van der Waals surface area (Å²) in [7, 11) is 0. The van der Waals surface area contributed by atoms with Gasteiger partial charge in [0.2, 0.25) is 0 Å². The van der Waals surface area contributed by atoms with Crippen molar-refractivity contribution in [3.05, 3.63) is 69.8 Å². The summed E-state index contributed by atoms with van der Waals surface area (Å²) in [4.78, 5) is 0.845. The molecule has 0 radical (unpaired) electrons. The van der Waals surface area contributed by atoms with E-state index in [4.69, 9.17) is 0 Å². The van der Waals surface area contributed by atoms with Gasteiger partial charge in [0.25, 0.3) is 0 Å². The molecule has 0 bridgehead atoms. The van der Waals surface area contributed by atoms with E-state index in [1.54, 1.807) is 6.07 Å². The van der Waals surface area contributed by atoms with Crippen molar-refractivity contribution in [2.45, 2.75) is 20.0 Å². The average molecular weight is 286 g/mol. The molecule has 1 unspecified atom stereocenters. The summed E-state index contributed by atoms with van der Waals surface area (Å²) in [5, 5.41) is 11.5. The maximum Gasteiger partial charge on any atom is 0.124 e. The van der Waals surface area contributed by atoms with Gasteiger partial charge in [0.1, 0.15) is 11.9 Å². The Labute approximate surface area is 121 Å². The summed E-state index contributed by atoms with van der Waals surface area (Å²) in [6.07, 6.45) is -0.656. The molecule has 102 valence electrons. The van der Waals surface area contributed by atoms with Crippen LogP contribution in [0.1, 0.15) is 27.7 Å². The minimum atomic E-state index is -0.656. The molecule has 1 nitrogen and oxygen atoms in total. The third kappa shape index (κ3) is 2.35. The molecule has 3 rings (SSSR count). The van der Waals surface area contributed by atoms with Crippen LogP contribution in [0.3, 0.4) is 0 Å². The Kier molecular flexibility index (Phi) is 3.32. The van der Waals surface area contributed by atoms with Gasteiger partial charge in [-0.05, 0) is 48.6 Å². The molecule has 1 N–H and O–H groups in total. The highest BCUT2D eigenvalue weighted by molar-refractivity contribution is 7.19. The third-order valence-corrected chi connectivity index (χ3v) is 4.64. The molecule has 2 aromatic carbocycles. The number of hydrogen-bond donors (Lipinski definition) is 1. The van der Waals surface area contributed by atoms with E-state index in [-0.39, 0.29) is 5.82 Å². The van der Waals surface area contributed by atoms with Gasteiger partial charge in [-0.15, -0.1) is 11.3 Å². The summed E-state index contributed by atoms with van der Waals surface area (Å²) < 4.78 is 14.1. The zero-order valence-electron chi connectivity index (χ0n) is 11.4. The van der Waals surface area contributed by atoms with Gasteiger partial charge in [-0.1, -0.05) is 29.8 Å². The van der Waals surface area contributed by atoms with Crippen molar-refractivity contribution in [3.63, 3.8) is 0 Å². The van der Waals surface area contributed by atoms with Crippen LogP contribution in [0.5, 0.6) is 0 Å². The highest BCUT2D eigenvalue weighted by Crippen LogP contribution is 2.34. The van der Waals surface area contributed by atoms with Gasteiger partial charge in [-0.3, -0.25) is 0 Å². The minimum absolute atomic E-state index is 0.244. The lowest BCUT2D eigenvalue weighted by atomic mass is 10.00. The Morgan fingerprint density at radius 2 is 1.85 bits per heavy atom. The first-order valence-corrected chi connectivity index (χ1v) is 7.30. The number of aliphatic hydroxyl groups is 1. The summed E-state index contributed by atoms with van der Waals surface area (Å²) in [5.41, 5.74) is 3.15. The molecule has 0 spiro atoms. The molecule has 3 aromatic rings. The number of rotatable bonds is 2. The largest absolute Gasteiger partial charge is 0.383 e. The van der Waals surface area contributed by atoms with Crippen LogP contribution in [0.15, 0.2) is 42.5 Å². The molecule has 0 saturated carbocycles. The smallest absolute Gasteiger partial charge is 0.124 e. The van der Waals surface area contributed by atoms with Crippen LogP contribution in [0.25, 0.3) is 10.1 Å². The van der Waals surface area contributed by atoms with Gasteiger partial charge in [-0.25, -0.2) is 4.39 Å². The van der Waals surface area contributed by atoms with Gasteiger partial charge >= 0.3 is 0 Å². The molecule has 3 heteroatoms. The fourth-order valence-electron chi connectivity index (χ4n) is 2.45. The number of thiophene rings is 1. The van der Waals surface area contributed by atoms with E-state index in [0.717, 1.165) is 26.1 Å². The van der Waals surface area contributed by atoms with E-state index < -0.39 is 6.10 Å². The van der Waals surface area contributed by atoms with Crippen molar-refractivity contribution < 1.29 is 9.50 Å². The van der Waals surface area contributed by atoms with E-state index in [2.05, 4.69) is 6.07 Å². The van der Waals surface area contributed by atoms with Crippen LogP contribution in [-0.2, 0) is 0 Å². The van der Waals surface area contributed by atoms with Crippen LogP contribution in [-0.4, -0.2) is 5.11 Å². The van der Waals surface area contributed by atoms with E-state index in [0.29, 0.717) is 0 Å². The van der Waals surface area contributed by atoms with Crippen molar-refractivity contribution in [2.75, 3.05) is 0 Å². The van der Waals surface area contributed by atoms with Crippen molar-refractivity contribution >= 4 is 21.4 Å². The van der Waals surface area contributed by atoms with Crippen molar-refractivity contribution in [2.24, 2.45) is 0 Å². The number of aryl methyl sites for hydroxylation is 2. The van der Waals surface area contributed by atoms with E-state index >= 15 is 0 Å². The van der Waals surface area contributed by atoms with Crippen LogP contribution in [0, 0.1) is 19.7 Å². The second kappa shape index (κ2) is 5.00. The second-order valence-corrected chi connectivity index (χ2v) is 6.21. The molecular formula is C17H15FOS. The Morgan fingerprint density at radius 1 is 1.05 bits per heavy atom. The summed E-state index contributed by atoms with van der Waals surface area (Å²) in [5.74, 6) is -0.244. The Hall–Kier alpha value is -1.71. The maximum atomic E-state index is 13.2. The lowest BCUT2D eigenvalue weighted by molar-refractivity contribution is 0.223. The number of halogens is 1. The predicted molar refractivity (Wildman–Crippen MR) is 81.8 cm³/mol. The second-order valence-electron chi connectivity index (χ2n) is 5.09. The SMILES string of the molecule is Cc1ccc(C(O)c2cc3ccc(F)cc3s2)c(C)c1. The third-order valence-electron chi connectivity index (χ3n) is 3.49. The highest BCUT2D eigenvalue weighted by atomic mass is 32.1. The maximum absolute atomic E-state index is 13.2. The van der Waals surface area contributed by atoms with Crippen LogP contribution < -0.4 is 0 Å². The number of fused-ring (bicyclic) bond motifs is 1. The molecule has 1 heterocycles. The van der Waals surface area contributed by atoms with Gasteiger partial charge < -0.3 is 5.11 Å². The lowest BCUT2D eigenvalue weighted by Gasteiger charge is -2.12.